The molecule has 1 saturated carbocycles. The molecule has 1 aromatic rings. The summed E-state index contributed by atoms with van der Waals surface area (Å²) in [4.78, 5) is 11.7. The van der Waals surface area contributed by atoms with Crippen molar-refractivity contribution in [2.45, 2.75) is 25.7 Å². The lowest BCUT2D eigenvalue weighted by molar-refractivity contribution is 0.0936. The number of ketones is 1. The van der Waals surface area contributed by atoms with Crippen LogP contribution in [-0.4, -0.2) is 5.78 Å². The van der Waals surface area contributed by atoms with Crippen molar-refractivity contribution >= 4 is 11.5 Å². The van der Waals surface area contributed by atoms with E-state index in [1.165, 1.54) is 19.3 Å². The quantitative estimate of drug-likeness (QED) is 0.586. The Labute approximate surface area is 84.1 Å². The van der Waals surface area contributed by atoms with Crippen LogP contribution in [-0.2, 0) is 0 Å². The molecule has 0 atom stereocenters. The Morgan fingerprint density at radius 1 is 1.43 bits per heavy atom. The zero-order chi connectivity index (χ0) is 9.97. The van der Waals surface area contributed by atoms with Gasteiger partial charge in [0.15, 0.2) is 5.78 Å². The fourth-order valence-electron chi connectivity index (χ4n) is 1.79. The molecule has 0 bridgehead atoms. The van der Waals surface area contributed by atoms with E-state index in [9.17, 15) is 4.79 Å². The minimum atomic E-state index is 0.238. The molecule has 0 radical (unpaired) electrons. The van der Waals surface area contributed by atoms with Crippen LogP contribution < -0.4 is 5.73 Å². The molecule has 0 saturated heterocycles. The minimum absolute atomic E-state index is 0.238. The van der Waals surface area contributed by atoms with E-state index in [1.807, 2.05) is 12.1 Å². The highest BCUT2D eigenvalue weighted by Gasteiger charge is 2.21. The van der Waals surface area contributed by atoms with Gasteiger partial charge in [-0.25, -0.2) is 0 Å². The molecule has 2 rings (SSSR count). The highest BCUT2D eigenvalue weighted by Crippen LogP contribution is 2.30. The third-order valence-electron chi connectivity index (χ3n) is 2.91. The highest BCUT2D eigenvalue weighted by atomic mass is 16.1. The first-order valence-corrected chi connectivity index (χ1v) is 5.14. The van der Waals surface area contributed by atoms with E-state index in [2.05, 4.69) is 0 Å². The van der Waals surface area contributed by atoms with Crippen molar-refractivity contribution in [2.24, 2.45) is 5.92 Å². The van der Waals surface area contributed by atoms with Crippen LogP contribution in [0.1, 0.15) is 36.0 Å². The first kappa shape index (κ1) is 9.25. The number of nitrogen functional groups attached to an aromatic ring is 1. The van der Waals surface area contributed by atoms with Gasteiger partial charge < -0.3 is 5.73 Å². The van der Waals surface area contributed by atoms with Gasteiger partial charge in [0, 0.05) is 17.7 Å². The molecule has 1 fully saturated rings. The number of hydrogen-bond acceptors (Lipinski definition) is 2. The van der Waals surface area contributed by atoms with Gasteiger partial charge in [-0.2, -0.15) is 0 Å². The van der Waals surface area contributed by atoms with Gasteiger partial charge >= 0.3 is 0 Å². The molecule has 1 aromatic carbocycles. The Balaban J connectivity index is 2.02. The molecule has 0 amide bonds. The number of hydrogen-bond donors (Lipinski definition) is 1. The molecule has 14 heavy (non-hydrogen) atoms. The predicted octanol–water partition coefficient (Wildman–Crippen LogP) is 2.64. The maximum absolute atomic E-state index is 11.7. The summed E-state index contributed by atoms with van der Waals surface area (Å²) in [5.41, 5.74) is 7.05. The number of rotatable bonds is 3. The van der Waals surface area contributed by atoms with Gasteiger partial charge in [0.1, 0.15) is 0 Å². The van der Waals surface area contributed by atoms with Crippen molar-refractivity contribution in [1.29, 1.82) is 0 Å². The molecule has 0 unspecified atom stereocenters. The lowest BCUT2D eigenvalue weighted by Gasteiger charge is -2.24. The largest absolute Gasteiger partial charge is 0.399 e. The first-order chi connectivity index (χ1) is 6.75. The summed E-state index contributed by atoms with van der Waals surface area (Å²) in [7, 11) is 0. The van der Waals surface area contributed by atoms with Crippen LogP contribution in [0.15, 0.2) is 24.3 Å². The van der Waals surface area contributed by atoms with E-state index in [0.29, 0.717) is 18.0 Å². The van der Waals surface area contributed by atoms with Crippen molar-refractivity contribution < 1.29 is 4.79 Å². The van der Waals surface area contributed by atoms with Gasteiger partial charge in [-0.3, -0.25) is 4.79 Å². The van der Waals surface area contributed by atoms with Crippen LogP contribution in [0.25, 0.3) is 0 Å². The SMILES string of the molecule is Nc1cccc(C(=O)CC2CCC2)c1. The standard InChI is InChI=1S/C12H15NO/c13-11-6-2-5-10(8-11)12(14)7-9-3-1-4-9/h2,5-6,8-9H,1,3-4,7,13H2. The smallest absolute Gasteiger partial charge is 0.163 e. The van der Waals surface area contributed by atoms with Crippen LogP contribution in [0.4, 0.5) is 5.69 Å². The normalized spacial score (nSPS) is 16.3. The molecule has 0 heterocycles. The van der Waals surface area contributed by atoms with E-state index in [4.69, 9.17) is 5.73 Å². The molecule has 2 nitrogen and oxygen atoms in total. The lowest BCUT2D eigenvalue weighted by atomic mass is 9.81. The van der Waals surface area contributed by atoms with E-state index in [1.54, 1.807) is 12.1 Å². The molecule has 0 aliphatic heterocycles. The second kappa shape index (κ2) is 3.82. The van der Waals surface area contributed by atoms with Crippen molar-refractivity contribution in [1.82, 2.24) is 0 Å². The number of Topliss-reactive ketones (excluding diaryl/α,β-unsaturated/α-hetero) is 1. The summed E-state index contributed by atoms with van der Waals surface area (Å²) in [5, 5.41) is 0. The zero-order valence-corrected chi connectivity index (χ0v) is 8.20. The van der Waals surface area contributed by atoms with Crippen molar-refractivity contribution in [3.63, 3.8) is 0 Å². The van der Waals surface area contributed by atoms with Crippen molar-refractivity contribution in [2.75, 3.05) is 5.73 Å². The third-order valence-corrected chi connectivity index (χ3v) is 2.91. The molecule has 0 spiro atoms. The molecular formula is C12H15NO. The molecular weight excluding hydrogens is 174 g/mol. The number of nitrogens with two attached hydrogens (primary N) is 1. The predicted molar refractivity (Wildman–Crippen MR) is 57.1 cm³/mol. The van der Waals surface area contributed by atoms with Crippen LogP contribution in [0.3, 0.4) is 0 Å². The first-order valence-electron chi connectivity index (χ1n) is 5.14. The molecule has 2 N–H and O–H groups in total. The van der Waals surface area contributed by atoms with Crippen LogP contribution in [0, 0.1) is 5.92 Å². The van der Waals surface area contributed by atoms with Crippen LogP contribution >= 0.6 is 0 Å². The Morgan fingerprint density at radius 3 is 2.79 bits per heavy atom. The fraction of sp³-hybridized carbons (Fsp3) is 0.417. The van der Waals surface area contributed by atoms with Gasteiger partial charge in [-0.15, -0.1) is 0 Å². The van der Waals surface area contributed by atoms with Crippen LogP contribution in [0.2, 0.25) is 0 Å². The van der Waals surface area contributed by atoms with Gasteiger partial charge in [0.05, 0.1) is 0 Å². The topological polar surface area (TPSA) is 43.1 Å². The molecule has 2 heteroatoms. The summed E-state index contributed by atoms with van der Waals surface area (Å²) in [6, 6.07) is 7.25. The van der Waals surface area contributed by atoms with Gasteiger partial charge in [-0.1, -0.05) is 31.4 Å². The van der Waals surface area contributed by atoms with E-state index in [-0.39, 0.29) is 5.78 Å². The average molecular weight is 189 g/mol. The van der Waals surface area contributed by atoms with Gasteiger partial charge in [0.2, 0.25) is 0 Å². The second-order valence-corrected chi connectivity index (χ2v) is 4.05. The van der Waals surface area contributed by atoms with Crippen LogP contribution in [0.5, 0.6) is 0 Å². The summed E-state index contributed by atoms with van der Waals surface area (Å²) < 4.78 is 0. The Kier molecular flexibility index (Phi) is 2.53. The number of carbonyl (C=O) groups is 1. The van der Waals surface area contributed by atoms with Crippen molar-refractivity contribution in [3.8, 4) is 0 Å². The van der Waals surface area contributed by atoms with Gasteiger partial charge in [-0.05, 0) is 18.1 Å². The van der Waals surface area contributed by atoms with Crippen molar-refractivity contribution in [3.05, 3.63) is 29.8 Å². The maximum Gasteiger partial charge on any atom is 0.163 e. The number of benzene rings is 1. The molecule has 0 aromatic heterocycles. The summed E-state index contributed by atoms with van der Waals surface area (Å²) >= 11 is 0. The lowest BCUT2D eigenvalue weighted by Crippen LogP contribution is -2.15. The monoisotopic (exact) mass is 189 g/mol. The Bertz CT molecular complexity index is 342. The number of anilines is 1. The average Bonchev–Trinajstić information content (AvgIpc) is 2.11. The zero-order valence-electron chi connectivity index (χ0n) is 8.20. The fourth-order valence-corrected chi connectivity index (χ4v) is 1.79. The summed E-state index contributed by atoms with van der Waals surface area (Å²) in [6.07, 6.45) is 4.42. The number of carbonyl (C=O) groups excluding carboxylic acids is 1. The highest BCUT2D eigenvalue weighted by molar-refractivity contribution is 5.96. The summed E-state index contributed by atoms with van der Waals surface area (Å²) in [6.45, 7) is 0. The van der Waals surface area contributed by atoms with E-state index >= 15 is 0 Å². The van der Waals surface area contributed by atoms with E-state index in [0.717, 1.165) is 5.56 Å². The molecule has 1 aliphatic carbocycles. The van der Waals surface area contributed by atoms with Gasteiger partial charge in [0.25, 0.3) is 0 Å². The Hall–Kier alpha value is -1.31. The van der Waals surface area contributed by atoms with E-state index < -0.39 is 0 Å². The third kappa shape index (κ3) is 1.95. The maximum atomic E-state index is 11.7. The molecule has 1 aliphatic rings. The minimum Gasteiger partial charge on any atom is -0.399 e. The molecule has 74 valence electrons. The Morgan fingerprint density at radius 2 is 2.21 bits per heavy atom. The second-order valence-electron chi connectivity index (χ2n) is 4.05. The summed E-state index contributed by atoms with van der Waals surface area (Å²) in [5.74, 6) is 0.867.